The number of carbonyl (C=O) groups is 2. The van der Waals surface area contributed by atoms with E-state index in [-0.39, 0.29) is 31.3 Å². The van der Waals surface area contributed by atoms with Crippen LogP contribution in [0.15, 0.2) is 65.6 Å². The van der Waals surface area contributed by atoms with Crippen LogP contribution in [-0.4, -0.2) is 44.3 Å². The summed E-state index contributed by atoms with van der Waals surface area (Å²) < 4.78 is 27.9. The van der Waals surface area contributed by atoms with Gasteiger partial charge in [0, 0.05) is 36.5 Å². The van der Waals surface area contributed by atoms with Gasteiger partial charge in [-0.1, -0.05) is 61.8 Å². The Balaban J connectivity index is 1.51. The number of benzene rings is 3. The molecule has 0 saturated carbocycles. The minimum Gasteiger partial charge on any atom is -0.354 e. The summed E-state index contributed by atoms with van der Waals surface area (Å²) in [7, 11) is -3.68. The molecule has 0 fully saturated rings. The van der Waals surface area contributed by atoms with E-state index in [9.17, 15) is 18.0 Å². The Kier molecular flexibility index (Phi) is 8.39. The van der Waals surface area contributed by atoms with Gasteiger partial charge in [-0.25, -0.2) is 8.42 Å². The molecule has 196 valence electrons. The summed E-state index contributed by atoms with van der Waals surface area (Å²) in [6.07, 6.45) is 1.70. The minimum absolute atomic E-state index is 0.115. The molecule has 0 aliphatic carbocycles. The van der Waals surface area contributed by atoms with Crippen LogP contribution in [0.5, 0.6) is 0 Å². The second-order valence-electron chi connectivity index (χ2n) is 9.18. The van der Waals surface area contributed by atoms with Crippen molar-refractivity contribution in [3.63, 3.8) is 0 Å². The molecule has 2 amide bonds. The number of anilines is 1. The van der Waals surface area contributed by atoms with Gasteiger partial charge in [0.25, 0.3) is 10.0 Å². The van der Waals surface area contributed by atoms with Gasteiger partial charge in [-0.3, -0.25) is 13.9 Å². The molecule has 37 heavy (non-hydrogen) atoms. The van der Waals surface area contributed by atoms with Crippen LogP contribution in [0.3, 0.4) is 0 Å². The van der Waals surface area contributed by atoms with Gasteiger partial charge in [0.05, 0.1) is 10.6 Å². The molecule has 1 atom stereocenters. The summed E-state index contributed by atoms with van der Waals surface area (Å²) in [5.74, 6) is -0.378. The zero-order valence-corrected chi connectivity index (χ0v) is 22.7. The largest absolute Gasteiger partial charge is 0.354 e. The van der Waals surface area contributed by atoms with E-state index in [0.29, 0.717) is 35.0 Å². The molecular formula is C28H32ClN3O4S. The molecule has 4 rings (SSSR count). The van der Waals surface area contributed by atoms with Crippen LogP contribution in [0.1, 0.15) is 45.1 Å². The van der Waals surface area contributed by atoms with Gasteiger partial charge in [0.1, 0.15) is 6.04 Å². The summed E-state index contributed by atoms with van der Waals surface area (Å²) in [6, 6.07) is 17.4. The third kappa shape index (κ3) is 5.60. The Bertz CT molecular complexity index is 1390. The number of hydrogen-bond donors (Lipinski definition) is 1. The third-order valence-electron chi connectivity index (χ3n) is 6.63. The normalized spacial score (nSPS) is 14.5. The number of nitrogens with zero attached hydrogens (tertiary/aromatic N) is 2. The number of sulfonamides is 1. The zero-order chi connectivity index (χ0) is 26.6. The fourth-order valence-electron chi connectivity index (χ4n) is 4.79. The molecule has 1 aliphatic heterocycles. The van der Waals surface area contributed by atoms with Crippen LogP contribution in [-0.2, 0) is 26.2 Å². The Morgan fingerprint density at radius 3 is 2.41 bits per heavy atom. The Morgan fingerprint density at radius 1 is 1.03 bits per heavy atom. The van der Waals surface area contributed by atoms with Crippen molar-refractivity contribution in [3.8, 4) is 0 Å². The fraction of sp³-hybridized carbons (Fsp3) is 0.357. The Hall–Kier alpha value is -3.10. The molecule has 1 N–H and O–H groups in total. The lowest BCUT2D eigenvalue weighted by atomic mass is 10.1. The zero-order valence-electron chi connectivity index (χ0n) is 21.1. The van der Waals surface area contributed by atoms with E-state index in [2.05, 4.69) is 5.32 Å². The lowest BCUT2D eigenvalue weighted by Gasteiger charge is -2.31. The predicted molar refractivity (Wildman–Crippen MR) is 147 cm³/mol. The first-order valence-corrected chi connectivity index (χ1v) is 14.5. The van der Waals surface area contributed by atoms with Crippen molar-refractivity contribution in [1.82, 2.24) is 10.2 Å². The maximum absolute atomic E-state index is 13.5. The summed E-state index contributed by atoms with van der Waals surface area (Å²) >= 11 is 6.03. The number of rotatable bonds is 11. The van der Waals surface area contributed by atoms with Gasteiger partial charge in [-0.2, -0.15) is 0 Å². The average molecular weight is 542 g/mol. The van der Waals surface area contributed by atoms with Crippen molar-refractivity contribution < 1.29 is 18.0 Å². The molecule has 3 aromatic carbocycles. The van der Waals surface area contributed by atoms with Crippen LogP contribution in [0, 0.1) is 0 Å². The maximum Gasteiger partial charge on any atom is 0.265 e. The first-order chi connectivity index (χ1) is 17.8. The Labute approximate surface area is 223 Å². The monoisotopic (exact) mass is 541 g/mol. The summed E-state index contributed by atoms with van der Waals surface area (Å²) in [5.41, 5.74) is 1.51. The summed E-state index contributed by atoms with van der Waals surface area (Å²) in [6.45, 7) is 4.84. The molecule has 0 radical (unpaired) electrons. The molecule has 1 heterocycles. The smallest absolute Gasteiger partial charge is 0.265 e. The number of hydrogen-bond acceptors (Lipinski definition) is 4. The maximum atomic E-state index is 13.5. The minimum atomic E-state index is -3.68. The van der Waals surface area contributed by atoms with Crippen LogP contribution >= 0.6 is 11.6 Å². The lowest BCUT2D eigenvalue weighted by molar-refractivity contribution is -0.141. The van der Waals surface area contributed by atoms with Crippen LogP contribution in [0.2, 0.25) is 5.02 Å². The number of nitrogens with one attached hydrogen (secondary N) is 1. The lowest BCUT2D eigenvalue weighted by Crippen LogP contribution is -2.49. The molecule has 0 aromatic heterocycles. The number of amides is 2. The highest BCUT2D eigenvalue weighted by Crippen LogP contribution is 2.42. The fourth-order valence-corrected chi connectivity index (χ4v) is 6.66. The quantitative estimate of drug-likeness (QED) is 0.365. The topological polar surface area (TPSA) is 86.8 Å². The summed E-state index contributed by atoms with van der Waals surface area (Å²) in [4.78, 5) is 28.3. The molecule has 9 heteroatoms. The number of halogens is 1. The van der Waals surface area contributed by atoms with Crippen LogP contribution < -0.4 is 9.62 Å². The van der Waals surface area contributed by atoms with Gasteiger partial charge in [0.15, 0.2) is 0 Å². The van der Waals surface area contributed by atoms with E-state index in [1.165, 1.54) is 4.31 Å². The van der Waals surface area contributed by atoms with Crippen molar-refractivity contribution in [2.75, 3.05) is 17.4 Å². The van der Waals surface area contributed by atoms with Gasteiger partial charge in [0.2, 0.25) is 11.8 Å². The van der Waals surface area contributed by atoms with E-state index in [1.54, 1.807) is 35.2 Å². The van der Waals surface area contributed by atoms with E-state index in [1.807, 2.05) is 44.2 Å². The summed E-state index contributed by atoms with van der Waals surface area (Å²) in [5, 5.41) is 5.09. The van der Waals surface area contributed by atoms with Crippen LogP contribution in [0.25, 0.3) is 10.8 Å². The highest BCUT2D eigenvalue weighted by molar-refractivity contribution is 7.93. The van der Waals surface area contributed by atoms with E-state index >= 15 is 0 Å². The molecule has 3 aromatic rings. The van der Waals surface area contributed by atoms with Crippen molar-refractivity contribution >= 4 is 49.9 Å². The molecule has 7 nitrogen and oxygen atoms in total. The van der Waals surface area contributed by atoms with Crippen molar-refractivity contribution in [1.29, 1.82) is 0 Å². The van der Waals surface area contributed by atoms with Crippen molar-refractivity contribution in [2.24, 2.45) is 0 Å². The molecule has 1 aliphatic rings. The van der Waals surface area contributed by atoms with Gasteiger partial charge in [-0.15, -0.1) is 0 Å². The Morgan fingerprint density at radius 2 is 1.73 bits per heavy atom. The van der Waals surface area contributed by atoms with Gasteiger partial charge >= 0.3 is 0 Å². The third-order valence-corrected chi connectivity index (χ3v) is 8.74. The van der Waals surface area contributed by atoms with Gasteiger partial charge < -0.3 is 10.2 Å². The van der Waals surface area contributed by atoms with Gasteiger partial charge in [-0.05, 0) is 54.5 Å². The predicted octanol–water partition coefficient (Wildman–Crippen LogP) is 5.12. The SMILES string of the molecule is CCCNC(=O)[C@H](CC)N(Cc1ccc(Cl)cc1)C(=O)CCCN1c2cccc3cccc(c23)S1(=O)=O. The van der Waals surface area contributed by atoms with E-state index < -0.39 is 16.1 Å². The number of carbonyl (C=O) groups excluding carboxylic acids is 2. The highest BCUT2D eigenvalue weighted by atomic mass is 35.5. The molecule has 0 saturated heterocycles. The molecular weight excluding hydrogens is 510 g/mol. The molecule has 0 unspecified atom stereocenters. The van der Waals surface area contributed by atoms with Crippen molar-refractivity contribution in [3.05, 3.63) is 71.2 Å². The van der Waals surface area contributed by atoms with Crippen molar-refractivity contribution in [2.45, 2.75) is 57.0 Å². The molecule has 0 bridgehead atoms. The van der Waals surface area contributed by atoms with E-state index in [4.69, 9.17) is 11.6 Å². The first-order valence-electron chi connectivity index (χ1n) is 12.6. The standard InChI is InChI=1S/C28H32ClN3O4S/c1-3-17-30-28(34)23(4-2)31(19-20-13-15-22(29)16-14-20)26(33)12-7-18-32-24-10-5-8-21-9-6-11-25(27(21)24)37(32,35)36/h5-6,8-11,13-16,23H,3-4,7,12,17-19H2,1-2H3,(H,30,34)/t23-/m0/s1. The average Bonchev–Trinajstić information content (AvgIpc) is 3.11. The van der Waals surface area contributed by atoms with E-state index in [0.717, 1.165) is 22.8 Å². The van der Waals surface area contributed by atoms with Crippen LogP contribution in [0.4, 0.5) is 5.69 Å². The second-order valence-corrected chi connectivity index (χ2v) is 11.4. The highest BCUT2D eigenvalue weighted by Gasteiger charge is 2.35. The second kappa shape index (κ2) is 11.5. The molecule has 0 spiro atoms. The first kappa shape index (κ1) is 26.9.